The molecule has 1 aromatic heterocycles. The Hall–Kier alpha value is -3.53. The molecule has 9 nitrogen and oxygen atoms in total. The summed E-state index contributed by atoms with van der Waals surface area (Å²) >= 11 is 1.20. The van der Waals surface area contributed by atoms with Crippen LogP contribution in [0.1, 0.15) is 5.56 Å². The zero-order valence-electron chi connectivity index (χ0n) is 17.4. The van der Waals surface area contributed by atoms with Crippen LogP contribution in [-0.2, 0) is 9.59 Å². The van der Waals surface area contributed by atoms with E-state index in [0.29, 0.717) is 22.9 Å². The quantitative estimate of drug-likeness (QED) is 0.467. The number of methoxy groups -OCH3 is 2. The zero-order valence-corrected chi connectivity index (χ0v) is 18.2. The number of amides is 2. The smallest absolute Gasteiger partial charge is 0.249 e. The normalized spacial score (nSPS) is 10.4. The van der Waals surface area contributed by atoms with Crippen molar-refractivity contribution >= 4 is 35.2 Å². The number of rotatable bonds is 9. The third kappa shape index (κ3) is 6.22. The molecular formula is C21H23N5O4S. The molecule has 0 bridgehead atoms. The average Bonchev–Trinajstić information content (AvgIpc) is 3.21. The van der Waals surface area contributed by atoms with E-state index in [4.69, 9.17) is 9.47 Å². The van der Waals surface area contributed by atoms with Gasteiger partial charge in [0.25, 0.3) is 0 Å². The van der Waals surface area contributed by atoms with E-state index in [1.54, 1.807) is 32.4 Å². The van der Waals surface area contributed by atoms with E-state index >= 15 is 0 Å². The lowest BCUT2D eigenvalue weighted by molar-refractivity contribution is -0.114. The number of nitrogens with one attached hydrogen (secondary N) is 3. The van der Waals surface area contributed by atoms with Crippen LogP contribution in [0.3, 0.4) is 0 Å². The van der Waals surface area contributed by atoms with Crippen LogP contribution < -0.4 is 20.1 Å². The number of aromatic amines is 1. The molecule has 0 saturated carbocycles. The maximum Gasteiger partial charge on any atom is 0.249 e. The van der Waals surface area contributed by atoms with E-state index in [2.05, 4.69) is 25.8 Å². The molecule has 0 fully saturated rings. The van der Waals surface area contributed by atoms with Gasteiger partial charge in [0.15, 0.2) is 5.82 Å². The first kappa shape index (κ1) is 22.2. The molecule has 10 heteroatoms. The van der Waals surface area contributed by atoms with Crippen LogP contribution in [0.25, 0.3) is 11.4 Å². The van der Waals surface area contributed by atoms with Crippen LogP contribution in [0.4, 0.5) is 11.6 Å². The van der Waals surface area contributed by atoms with Crippen LogP contribution >= 0.6 is 11.8 Å². The fourth-order valence-electron chi connectivity index (χ4n) is 2.75. The zero-order chi connectivity index (χ0) is 22.2. The Bertz CT molecular complexity index is 1070. The van der Waals surface area contributed by atoms with Crippen LogP contribution in [0.15, 0.2) is 42.5 Å². The Kier molecular flexibility index (Phi) is 7.50. The van der Waals surface area contributed by atoms with Crippen LogP contribution in [0, 0.1) is 6.92 Å². The lowest BCUT2D eigenvalue weighted by Crippen LogP contribution is -2.19. The van der Waals surface area contributed by atoms with Crippen molar-refractivity contribution in [3.05, 3.63) is 48.0 Å². The van der Waals surface area contributed by atoms with Gasteiger partial charge in [-0.25, -0.2) is 0 Å². The second-order valence-corrected chi connectivity index (χ2v) is 7.52. The summed E-state index contributed by atoms with van der Waals surface area (Å²) in [6, 6.07) is 12.8. The van der Waals surface area contributed by atoms with Crippen LogP contribution in [0.5, 0.6) is 11.5 Å². The van der Waals surface area contributed by atoms with Crippen LogP contribution in [0.2, 0.25) is 0 Å². The number of hydrogen-bond acceptors (Lipinski definition) is 7. The van der Waals surface area contributed by atoms with Gasteiger partial charge in [-0.05, 0) is 36.8 Å². The monoisotopic (exact) mass is 441 g/mol. The molecule has 0 unspecified atom stereocenters. The number of aryl methyl sites for hydroxylation is 1. The molecule has 0 spiro atoms. The van der Waals surface area contributed by atoms with Gasteiger partial charge in [0.2, 0.25) is 17.8 Å². The van der Waals surface area contributed by atoms with Crippen molar-refractivity contribution in [2.24, 2.45) is 0 Å². The molecule has 2 aromatic carbocycles. The Morgan fingerprint density at radius 1 is 1.03 bits per heavy atom. The van der Waals surface area contributed by atoms with Crippen molar-refractivity contribution < 1.29 is 19.1 Å². The summed E-state index contributed by atoms with van der Waals surface area (Å²) in [5.74, 6) is 1.57. The van der Waals surface area contributed by atoms with Crippen molar-refractivity contribution in [1.29, 1.82) is 0 Å². The van der Waals surface area contributed by atoms with Crippen molar-refractivity contribution in [1.82, 2.24) is 15.2 Å². The Morgan fingerprint density at radius 3 is 2.52 bits per heavy atom. The predicted octanol–water partition coefficient (Wildman–Crippen LogP) is 3.11. The summed E-state index contributed by atoms with van der Waals surface area (Å²) in [6.07, 6.45) is 0. The molecule has 0 aliphatic carbocycles. The van der Waals surface area contributed by atoms with Gasteiger partial charge >= 0.3 is 0 Å². The number of nitrogens with zero attached hydrogens (tertiary/aromatic N) is 2. The number of carbonyl (C=O) groups excluding carboxylic acids is 2. The standard InChI is InChI=1S/C21H23N5O4S/c1-13-5-4-6-14(9-13)22-18(27)11-31-12-19(28)23-21-24-20(25-26-21)16-8-7-15(29-2)10-17(16)30-3/h4-10H,11-12H2,1-3H3,(H,22,27)(H2,23,24,25,26,28). The SMILES string of the molecule is COc1ccc(-c2nc(NC(=O)CSCC(=O)Nc3cccc(C)c3)n[nH]2)c(OC)c1. The number of aromatic nitrogens is 3. The van der Waals surface area contributed by atoms with E-state index in [1.807, 2.05) is 31.2 Å². The fraction of sp³-hybridized carbons (Fsp3) is 0.238. The molecule has 31 heavy (non-hydrogen) atoms. The molecule has 162 valence electrons. The second kappa shape index (κ2) is 10.5. The van der Waals surface area contributed by atoms with E-state index in [-0.39, 0.29) is 29.3 Å². The van der Waals surface area contributed by atoms with Gasteiger partial charge < -0.3 is 14.8 Å². The number of benzene rings is 2. The second-order valence-electron chi connectivity index (χ2n) is 6.53. The van der Waals surface area contributed by atoms with Crippen molar-refractivity contribution in [2.45, 2.75) is 6.92 Å². The first-order chi connectivity index (χ1) is 15.0. The maximum atomic E-state index is 12.2. The van der Waals surface area contributed by atoms with Gasteiger partial charge in [0, 0.05) is 11.8 Å². The van der Waals surface area contributed by atoms with Crippen molar-refractivity contribution in [3.8, 4) is 22.9 Å². The van der Waals surface area contributed by atoms with Crippen molar-refractivity contribution in [2.75, 3.05) is 36.4 Å². The predicted molar refractivity (Wildman–Crippen MR) is 121 cm³/mol. The average molecular weight is 442 g/mol. The molecule has 2 amide bonds. The molecule has 3 aromatic rings. The maximum absolute atomic E-state index is 12.2. The summed E-state index contributed by atoms with van der Waals surface area (Å²) in [7, 11) is 3.12. The molecule has 0 aliphatic rings. The van der Waals surface area contributed by atoms with Crippen molar-refractivity contribution in [3.63, 3.8) is 0 Å². The molecule has 0 saturated heterocycles. The van der Waals surface area contributed by atoms with Gasteiger partial charge in [0.05, 0.1) is 31.3 Å². The van der Waals surface area contributed by atoms with Gasteiger partial charge in [0.1, 0.15) is 11.5 Å². The van der Waals surface area contributed by atoms with Gasteiger partial charge in [-0.2, -0.15) is 4.98 Å². The lowest BCUT2D eigenvalue weighted by atomic mass is 10.2. The third-order valence-electron chi connectivity index (χ3n) is 4.17. The lowest BCUT2D eigenvalue weighted by Gasteiger charge is -2.07. The fourth-order valence-corrected chi connectivity index (χ4v) is 3.37. The van der Waals surface area contributed by atoms with Gasteiger partial charge in [-0.3, -0.25) is 20.0 Å². The molecular weight excluding hydrogens is 418 g/mol. The number of H-pyrrole nitrogens is 1. The number of ether oxygens (including phenoxy) is 2. The molecule has 0 aliphatic heterocycles. The molecule has 3 N–H and O–H groups in total. The van der Waals surface area contributed by atoms with Gasteiger partial charge in [-0.1, -0.05) is 12.1 Å². The summed E-state index contributed by atoms with van der Waals surface area (Å²) in [4.78, 5) is 28.5. The first-order valence-corrected chi connectivity index (χ1v) is 10.5. The van der Waals surface area contributed by atoms with E-state index in [9.17, 15) is 9.59 Å². The summed E-state index contributed by atoms with van der Waals surface area (Å²) in [5, 5.41) is 12.2. The molecule has 0 atom stereocenters. The summed E-state index contributed by atoms with van der Waals surface area (Å²) in [6.45, 7) is 1.95. The Labute approximate surface area is 183 Å². The van der Waals surface area contributed by atoms with Gasteiger partial charge in [-0.15, -0.1) is 16.9 Å². The highest BCUT2D eigenvalue weighted by Gasteiger charge is 2.14. The number of carbonyl (C=O) groups is 2. The minimum Gasteiger partial charge on any atom is -0.497 e. The van der Waals surface area contributed by atoms with E-state index in [0.717, 1.165) is 11.3 Å². The minimum absolute atomic E-state index is 0.0942. The molecule has 1 heterocycles. The van der Waals surface area contributed by atoms with E-state index < -0.39 is 0 Å². The Balaban J connectivity index is 1.49. The number of hydrogen-bond donors (Lipinski definition) is 3. The van der Waals surface area contributed by atoms with Crippen LogP contribution in [-0.4, -0.2) is 52.7 Å². The Morgan fingerprint density at radius 2 is 1.81 bits per heavy atom. The number of thioether (sulfide) groups is 1. The topological polar surface area (TPSA) is 118 Å². The summed E-state index contributed by atoms with van der Waals surface area (Å²) in [5.41, 5.74) is 2.47. The molecule has 3 rings (SSSR count). The van der Waals surface area contributed by atoms with E-state index in [1.165, 1.54) is 11.8 Å². The highest BCUT2D eigenvalue weighted by Crippen LogP contribution is 2.31. The first-order valence-electron chi connectivity index (χ1n) is 9.37. The molecule has 0 radical (unpaired) electrons. The number of anilines is 2. The largest absolute Gasteiger partial charge is 0.497 e. The third-order valence-corrected chi connectivity index (χ3v) is 5.10. The minimum atomic E-state index is -0.305. The summed E-state index contributed by atoms with van der Waals surface area (Å²) < 4.78 is 10.5. The highest BCUT2D eigenvalue weighted by molar-refractivity contribution is 8.00. The highest BCUT2D eigenvalue weighted by atomic mass is 32.2.